The molecule has 0 aliphatic rings. The van der Waals surface area contributed by atoms with Crippen molar-refractivity contribution in [3.05, 3.63) is 157 Å². The van der Waals surface area contributed by atoms with E-state index in [0.29, 0.717) is 0 Å². The number of fused-ring (bicyclic) bond motifs is 3. The van der Waals surface area contributed by atoms with E-state index in [4.69, 9.17) is 0 Å². The van der Waals surface area contributed by atoms with E-state index in [2.05, 4.69) is 103 Å². The largest absolute Gasteiger partial charge is 0.305 e. The molecule has 7 rings (SSSR count). The molecule has 3 heteroatoms. The predicted octanol–water partition coefficient (Wildman–Crippen LogP) is 9.69. The van der Waals surface area contributed by atoms with Gasteiger partial charge in [-0.2, -0.15) is 0 Å². The van der Waals surface area contributed by atoms with Crippen molar-refractivity contribution in [1.29, 1.82) is 0 Å². The van der Waals surface area contributed by atoms with E-state index >= 15 is 0 Å². The number of aryl methyl sites for hydroxylation is 2. The second-order valence-corrected chi connectivity index (χ2v) is 9.93. The topological polar surface area (TPSA) is 25.8 Å². The zero-order valence-electron chi connectivity index (χ0n) is 22.9. The molecule has 0 aliphatic heterocycles. The van der Waals surface area contributed by atoms with Gasteiger partial charge in [-0.15, -0.1) is 64.5 Å². The van der Waals surface area contributed by atoms with Crippen LogP contribution in [0.25, 0.3) is 55.2 Å². The second-order valence-electron chi connectivity index (χ2n) is 9.93. The van der Waals surface area contributed by atoms with Gasteiger partial charge in [0, 0.05) is 32.5 Å². The van der Waals surface area contributed by atoms with Crippen LogP contribution in [0.5, 0.6) is 0 Å². The molecule has 7 aromatic rings. The second kappa shape index (κ2) is 12.8. The smallest absolute Gasteiger partial charge is 0.0166 e. The minimum atomic E-state index is 0. The first kappa shape index (κ1) is 28.1. The van der Waals surface area contributed by atoms with Gasteiger partial charge in [0.2, 0.25) is 0 Å². The van der Waals surface area contributed by atoms with Crippen molar-refractivity contribution in [2.45, 2.75) is 13.8 Å². The SMILES string of the molecule is Cc1cc[c-]c(-c2cc(-c3ccccc3)ccn2)c1.Cc1ccc2c(ccc3cc(-c4ccccn4)[c-]cc32)c1.[Ir]. The Labute approximate surface area is 255 Å². The number of nitrogens with zero attached hydrogens (tertiary/aromatic N) is 2. The zero-order chi connectivity index (χ0) is 27.3. The van der Waals surface area contributed by atoms with Crippen LogP contribution in [0, 0.1) is 26.0 Å². The molecule has 2 heterocycles. The number of rotatable bonds is 3. The maximum atomic E-state index is 4.45. The van der Waals surface area contributed by atoms with Crippen molar-refractivity contribution >= 4 is 21.5 Å². The van der Waals surface area contributed by atoms with Gasteiger partial charge in [0.1, 0.15) is 0 Å². The summed E-state index contributed by atoms with van der Waals surface area (Å²) >= 11 is 0. The van der Waals surface area contributed by atoms with Gasteiger partial charge in [-0.1, -0.05) is 102 Å². The van der Waals surface area contributed by atoms with Crippen molar-refractivity contribution in [2.75, 3.05) is 0 Å². The van der Waals surface area contributed by atoms with Crippen LogP contribution < -0.4 is 0 Å². The maximum absolute atomic E-state index is 4.45. The molecule has 2 aromatic heterocycles. The molecule has 0 N–H and O–H groups in total. The normalized spacial score (nSPS) is 10.5. The number of hydrogen-bond donors (Lipinski definition) is 0. The Morgan fingerprint density at radius 2 is 1.24 bits per heavy atom. The van der Waals surface area contributed by atoms with Crippen molar-refractivity contribution < 1.29 is 20.1 Å². The van der Waals surface area contributed by atoms with Crippen molar-refractivity contribution in [3.63, 3.8) is 0 Å². The molecule has 5 aromatic carbocycles. The van der Waals surface area contributed by atoms with E-state index in [1.807, 2.05) is 67.0 Å². The Hall–Kier alpha value is -4.43. The van der Waals surface area contributed by atoms with E-state index in [9.17, 15) is 0 Å². The fourth-order valence-corrected chi connectivity index (χ4v) is 4.91. The number of pyridine rings is 2. The Morgan fingerprint density at radius 3 is 2.02 bits per heavy atom. The van der Waals surface area contributed by atoms with Gasteiger partial charge in [-0.25, -0.2) is 0 Å². The summed E-state index contributed by atoms with van der Waals surface area (Å²) in [6, 6.07) is 48.4. The van der Waals surface area contributed by atoms with Gasteiger partial charge in [0.25, 0.3) is 0 Å². The first-order valence-electron chi connectivity index (χ1n) is 13.4. The molecule has 0 fully saturated rings. The summed E-state index contributed by atoms with van der Waals surface area (Å²) in [5, 5.41) is 5.03. The molecule has 201 valence electrons. The Bertz CT molecular complexity index is 1910. The summed E-state index contributed by atoms with van der Waals surface area (Å²) in [5.41, 5.74) is 8.90. The van der Waals surface area contributed by atoms with Gasteiger partial charge in [-0.3, -0.25) is 0 Å². The van der Waals surface area contributed by atoms with Crippen LogP contribution in [0.2, 0.25) is 0 Å². The fraction of sp³-hybridized carbons (Fsp3) is 0.0526. The predicted molar refractivity (Wildman–Crippen MR) is 167 cm³/mol. The summed E-state index contributed by atoms with van der Waals surface area (Å²) in [6.45, 7) is 4.21. The van der Waals surface area contributed by atoms with Crippen LogP contribution in [0.15, 0.2) is 134 Å². The molecule has 41 heavy (non-hydrogen) atoms. The van der Waals surface area contributed by atoms with Crippen molar-refractivity contribution in [3.8, 4) is 33.6 Å². The molecular formula is C38H28IrN2-2. The van der Waals surface area contributed by atoms with Crippen LogP contribution in [0.3, 0.4) is 0 Å². The molecule has 0 saturated heterocycles. The molecule has 0 amide bonds. The fourth-order valence-electron chi connectivity index (χ4n) is 4.91. The number of hydrogen-bond acceptors (Lipinski definition) is 2. The quantitative estimate of drug-likeness (QED) is 0.135. The van der Waals surface area contributed by atoms with E-state index in [1.165, 1.54) is 43.8 Å². The molecule has 2 nitrogen and oxygen atoms in total. The molecule has 0 aliphatic carbocycles. The molecule has 1 radical (unpaired) electrons. The Morgan fingerprint density at radius 1 is 0.512 bits per heavy atom. The summed E-state index contributed by atoms with van der Waals surface area (Å²) < 4.78 is 0. The standard InChI is InChI=1S/C20H14N.C18H14N.Ir/c1-14-5-9-18-15(12-14)6-7-16-13-17(8-10-19(16)18)20-4-2-3-11-21-20;1-14-6-5-9-17(12-14)18-13-16(10-11-19-18)15-7-3-2-4-8-15;/h2-7,9-13H,1H3;2-8,10-13H,1H3;/q2*-1;. The molecule has 0 saturated carbocycles. The van der Waals surface area contributed by atoms with Crippen LogP contribution >= 0.6 is 0 Å². The maximum Gasteiger partial charge on any atom is 0.0166 e. The average molecular weight is 705 g/mol. The molecular weight excluding hydrogens is 677 g/mol. The molecule has 0 spiro atoms. The van der Waals surface area contributed by atoms with E-state index in [-0.39, 0.29) is 20.1 Å². The van der Waals surface area contributed by atoms with Gasteiger partial charge >= 0.3 is 0 Å². The Kier molecular flexibility index (Phi) is 8.79. The summed E-state index contributed by atoms with van der Waals surface area (Å²) in [4.78, 5) is 8.84. The molecule has 0 bridgehead atoms. The van der Waals surface area contributed by atoms with Crippen LogP contribution in [0.4, 0.5) is 0 Å². The first-order valence-corrected chi connectivity index (χ1v) is 13.4. The summed E-state index contributed by atoms with van der Waals surface area (Å²) in [5.74, 6) is 0. The monoisotopic (exact) mass is 705 g/mol. The third-order valence-corrected chi connectivity index (χ3v) is 6.96. The van der Waals surface area contributed by atoms with Crippen molar-refractivity contribution in [2.24, 2.45) is 0 Å². The van der Waals surface area contributed by atoms with Crippen LogP contribution in [-0.2, 0) is 20.1 Å². The van der Waals surface area contributed by atoms with E-state index < -0.39 is 0 Å². The van der Waals surface area contributed by atoms with Crippen LogP contribution in [0.1, 0.15) is 11.1 Å². The minimum absolute atomic E-state index is 0. The van der Waals surface area contributed by atoms with Gasteiger partial charge < -0.3 is 9.97 Å². The number of aromatic nitrogens is 2. The summed E-state index contributed by atoms with van der Waals surface area (Å²) in [7, 11) is 0. The first-order chi connectivity index (χ1) is 19.6. The van der Waals surface area contributed by atoms with E-state index in [1.54, 1.807) is 0 Å². The van der Waals surface area contributed by atoms with Crippen molar-refractivity contribution in [1.82, 2.24) is 9.97 Å². The third kappa shape index (κ3) is 6.49. The van der Waals surface area contributed by atoms with Gasteiger partial charge in [-0.05, 0) is 47.0 Å². The summed E-state index contributed by atoms with van der Waals surface area (Å²) in [6.07, 6.45) is 3.67. The molecule has 0 unspecified atom stereocenters. The third-order valence-electron chi connectivity index (χ3n) is 6.96. The van der Waals surface area contributed by atoms with Gasteiger partial charge in [0.15, 0.2) is 0 Å². The number of benzene rings is 5. The van der Waals surface area contributed by atoms with Crippen LogP contribution in [-0.4, -0.2) is 9.97 Å². The van der Waals surface area contributed by atoms with Gasteiger partial charge in [0.05, 0.1) is 0 Å². The van der Waals surface area contributed by atoms with E-state index in [0.717, 1.165) is 22.5 Å². The zero-order valence-corrected chi connectivity index (χ0v) is 25.3. The Balaban J connectivity index is 0.000000162. The minimum Gasteiger partial charge on any atom is -0.305 e. The molecule has 0 atom stereocenters. The average Bonchev–Trinajstić information content (AvgIpc) is 3.02.